The van der Waals surface area contributed by atoms with Gasteiger partial charge in [-0.15, -0.1) is 11.3 Å². The van der Waals surface area contributed by atoms with Crippen molar-refractivity contribution in [2.24, 2.45) is 0 Å². The van der Waals surface area contributed by atoms with Gasteiger partial charge in [0.15, 0.2) is 0 Å². The second kappa shape index (κ2) is 9.10. The van der Waals surface area contributed by atoms with Crippen LogP contribution in [-0.4, -0.2) is 34.6 Å². The van der Waals surface area contributed by atoms with Crippen LogP contribution in [0.1, 0.15) is 34.6 Å². The predicted molar refractivity (Wildman–Crippen MR) is 98.3 cm³/mol. The maximum absolute atomic E-state index is 12.4. The molecule has 136 valence electrons. The first-order valence-electron chi connectivity index (χ1n) is 7.91. The first kappa shape index (κ1) is 19.6. The summed E-state index contributed by atoms with van der Waals surface area (Å²) >= 11 is 1.60. The van der Waals surface area contributed by atoms with Gasteiger partial charge in [-0.25, -0.2) is 13.1 Å². The molecule has 0 aliphatic rings. The molecule has 0 aliphatic heterocycles. The van der Waals surface area contributed by atoms with E-state index in [-0.39, 0.29) is 23.4 Å². The number of hydrogen-bond donors (Lipinski definition) is 2. The predicted octanol–water partition coefficient (Wildman–Crippen LogP) is 2.55. The quantitative estimate of drug-likeness (QED) is 0.653. The molecule has 0 bridgehead atoms. The Morgan fingerprint density at radius 3 is 2.52 bits per heavy atom. The molecule has 25 heavy (non-hydrogen) atoms. The molecule has 0 fully saturated rings. The highest BCUT2D eigenvalue weighted by Crippen LogP contribution is 2.22. The fraction of sp³-hybridized carbons (Fsp3) is 0.353. The van der Waals surface area contributed by atoms with E-state index in [4.69, 9.17) is 4.74 Å². The number of benzene rings is 1. The van der Waals surface area contributed by atoms with Crippen LogP contribution in [0.3, 0.4) is 0 Å². The highest BCUT2D eigenvalue weighted by atomic mass is 32.2. The average molecular weight is 383 g/mol. The lowest BCUT2D eigenvalue weighted by Crippen LogP contribution is -2.28. The van der Waals surface area contributed by atoms with Crippen LogP contribution >= 0.6 is 11.3 Å². The van der Waals surface area contributed by atoms with Crippen molar-refractivity contribution >= 4 is 27.3 Å². The number of ether oxygens (including phenoxy) is 1. The van der Waals surface area contributed by atoms with Crippen molar-refractivity contribution < 1.29 is 17.9 Å². The molecule has 1 aromatic carbocycles. The molecule has 1 unspecified atom stereocenters. The SMILES string of the molecule is CCC(NC(=O)c1ccc(S(=O)(=O)NCCOC)cc1)c1cccs1. The summed E-state index contributed by atoms with van der Waals surface area (Å²) in [4.78, 5) is 13.6. The van der Waals surface area contributed by atoms with Gasteiger partial charge in [0.2, 0.25) is 10.0 Å². The number of methoxy groups -OCH3 is 1. The third kappa shape index (κ3) is 5.37. The number of carbonyl (C=O) groups excluding carboxylic acids is 1. The van der Waals surface area contributed by atoms with Crippen LogP contribution < -0.4 is 10.0 Å². The lowest BCUT2D eigenvalue weighted by molar-refractivity contribution is 0.0936. The van der Waals surface area contributed by atoms with Gasteiger partial charge in [0.25, 0.3) is 5.91 Å². The van der Waals surface area contributed by atoms with Gasteiger partial charge < -0.3 is 10.1 Å². The van der Waals surface area contributed by atoms with E-state index < -0.39 is 10.0 Å². The minimum Gasteiger partial charge on any atom is -0.383 e. The number of sulfonamides is 1. The van der Waals surface area contributed by atoms with Gasteiger partial charge >= 0.3 is 0 Å². The summed E-state index contributed by atoms with van der Waals surface area (Å²) in [5.74, 6) is -0.225. The van der Waals surface area contributed by atoms with Gasteiger partial charge in [-0.2, -0.15) is 0 Å². The zero-order chi connectivity index (χ0) is 18.3. The van der Waals surface area contributed by atoms with Gasteiger partial charge in [0, 0.05) is 24.1 Å². The molecule has 8 heteroatoms. The maximum atomic E-state index is 12.4. The fourth-order valence-corrected chi connectivity index (χ4v) is 4.13. The second-order valence-corrected chi connectivity index (χ2v) is 8.11. The summed E-state index contributed by atoms with van der Waals surface area (Å²) < 4.78 is 31.5. The minimum absolute atomic E-state index is 0.0494. The Kier molecular flexibility index (Phi) is 7.12. The van der Waals surface area contributed by atoms with Gasteiger partial charge in [-0.05, 0) is 42.1 Å². The van der Waals surface area contributed by atoms with Crippen LogP contribution in [0.5, 0.6) is 0 Å². The first-order chi connectivity index (χ1) is 12.0. The maximum Gasteiger partial charge on any atom is 0.251 e. The molecule has 0 spiro atoms. The number of carbonyl (C=O) groups is 1. The first-order valence-corrected chi connectivity index (χ1v) is 10.3. The molecule has 1 aromatic heterocycles. The minimum atomic E-state index is -3.60. The number of amides is 1. The Morgan fingerprint density at radius 1 is 1.24 bits per heavy atom. The molecular weight excluding hydrogens is 360 g/mol. The van der Waals surface area contributed by atoms with Crippen molar-refractivity contribution in [2.75, 3.05) is 20.3 Å². The van der Waals surface area contributed by atoms with E-state index in [0.29, 0.717) is 12.2 Å². The molecule has 2 aromatic rings. The lowest BCUT2D eigenvalue weighted by atomic mass is 10.1. The van der Waals surface area contributed by atoms with E-state index >= 15 is 0 Å². The molecule has 0 saturated heterocycles. The van der Waals surface area contributed by atoms with E-state index in [0.717, 1.165) is 11.3 Å². The number of hydrogen-bond acceptors (Lipinski definition) is 5. The summed E-state index contributed by atoms with van der Waals surface area (Å²) in [6.07, 6.45) is 0.780. The standard InChI is InChI=1S/C17H22N2O4S2/c1-3-15(16-5-4-12-24-16)19-17(20)13-6-8-14(9-7-13)25(21,22)18-10-11-23-2/h4-9,12,15,18H,3,10-11H2,1-2H3,(H,19,20). The van der Waals surface area contributed by atoms with Crippen LogP contribution in [-0.2, 0) is 14.8 Å². The smallest absolute Gasteiger partial charge is 0.251 e. The normalized spacial score (nSPS) is 12.7. The summed E-state index contributed by atoms with van der Waals surface area (Å²) in [7, 11) is -2.10. The zero-order valence-corrected chi connectivity index (χ0v) is 15.8. The van der Waals surface area contributed by atoms with Crippen molar-refractivity contribution in [1.82, 2.24) is 10.0 Å². The van der Waals surface area contributed by atoms with Crippen molar-refractivity contribution in [3.63, 3.8) is 0 Å². The van der Waals surface area contributed by atoms with Crippen LogP contribution in [0.2, 0.25) is 0 Å². The highest BCUT2D eigenvalue weighted by molar-refractivity contribution is 7.89. The third-order valence-electron chi connectivity index (χ3n) is 3.63. The average Bonchev–Trinajstić information content (AvgIpc) is 3.14. The van der Waals surface area contributed by atoms with Crippen LogP contribution in [0.25, 0.3) is 0 Å². The summed E-state index contributed by atoms with van der Waals surface area (Å²) in [5, 5.41) is 4.95. The molecule has 6 nitrogen and oxygen atoms in total. The Labute approximate surface area is 152 Å². The molecule has 2 N–H and O–H groups in total. The van der Waals surface area contributed by atoms with Gasteiger partial charge in [-0.3, -0.25) is 4.79 Å². The van der Waals surface area contributed by atoms with E-state index in [1.54, 1.807) is 11.3 Å². The Bertz CT molecular complexity index is 771. The molecular formula is C17H22N2O4S2. The van der Waals surface area contributed by atoms with Crippen molar-refractivity contribution in [3.05, 3.63) is 52.2 Å². The lowest BCUT2D eigenvalue weighted by Gasteiger charge is -2.15. The van der Waals surface area contributed by atoms with E-state index in [1.807, 2.05) is 24.4 Å². The van der Waals surface area contributed by atoms with Crippen molar-refractivity contribution in [3.8, 4) is 0 Å². The number of thiophene rings is 1. The zero-order valence-electron chi connectivity index (χ0n) is 14.2. The topological polar surface area (TPSA) is 84.5 Å². The summed E-state index contributed by atoms with van der Waals surface area (Å²) in [6.45, 7) is 2.49. The van der Waals surface area contributed by atoms with Crippen molar-refractivity contribution in [2.45, 2.75) is 24.3 Å². The van der Waals surface area contributed by atoms with E-state index in [1.165, 1.54) is 31.4 Å². The van der Waals surface area contributed by atoms with Gasteiger partial charge in [0.1, 0.15) is 0 Å². The fourth-order valence-electron chi connectivity index (χ4n) is 2.25. The van der Waals surface area contributed by atoms with E-state index in [9.17, 15) is 13.2 Å². The summed E-state index contributed by atoms with van der Waals surface area (Å²) in [5.41, 5.74) is 0.422. The van der Waals surface area contributed by atoms with Gasteiger partial charge in [-0.1, -0.05) is 13.0 Å². The number of rotatable bonds is 9. The molecule has 1 atom stereocenters. The Morgan fingerprint density at radius 2 is 1.96 bits per heavy atom. The monoisotopic (exact) mass is 382 g/mol. The molecule has 2 rings (SSSR count). The Hall–Kier alpha value is -1.74. The molecule has 1 heterocycles. The molecule has 0 aliphatic carbocycles. The van der Waals surface area contributed by atoms with Crippen LogP contribution in [0.4, 0.5) is 0 Å². The number of nitrogens with one attached hydrogen (secondary N) is 2. The molecule has 0 radical (unpaired) electrons. The Balaban J connectivity index is 2.05. The van der Waals surface area contributed by atoms with Crippen molar-refractivity contribution in [1.29, 1.82) is 0 Å². The molecule has 0 saturated carbocycles. The van der Waals surface area contributed by atoms with Crippen LogP contribution in [0, 0.1) is 0 Å². The largest absolute Gasteiger partial charge is 0.383 e. The second-order valence-electron chi connectivity index (χ2n) is 5.36. The third-order valence-corrected chi connectivity index (χ3v) is 6.09. The van der Waals surface area contributed by atoms with Gasteiger partial charge in [0.05, 0.1) is 17.5 Å². The highest BCUT2D eigenvalue weighted by Gasteiger charge is 2.17. The van der Waals surface area contributed by atoms with E-state index in [2.05, 4.69) is 10.0 Å². The summed E-state index contributed by atoms with van der Waals surface area (Å²) in [6, 6.07) is 9.77. The molecule has 1 amide bonds. The van der Waals surface area contributed by atoms with Crippen LogP contribution in [0.15, 0.2) is 46.7 Å².